The van der Waals surface area contributed by atoms with Crippen LogP contribution in [0.2, 0.25) is 0 Å². The van der Waals surface area contributed by atoms with E-state index in [4.69, 9.17) is 18.9 Å². The van der Waals surface area contributed by atoms with Gasteiger partial charge >= 0.3 is 0 Å². The Labute approximate surface area is 165 Å². The van der Waals surface area contributed by atoms with Gasteiger partial charge in [-0.2, -0.15) is 0 Å². The van der Waals surface area contributed by atoms with E-state index in [1.165, 1.54) is 0 Å². The molecule has 2 heterocycles. The Bertz CT molecular complexity index is 455. The average molecular weight is 411 g/mol. The van der Waals surface area contributed by atoms with Crippen LogP contribution in [0.15, 0.2) is 0 Å². The zero-order valence-corrected chi connectivity index (χ0v) is 16.9. The van der Waals surface area contributed by atoms with Gasteiger partial charge in [-0.05, 0) is 6.42 Å². The summed E-state index contributed by atoms with van der Waals surface area (Å²) in [5.74, 6) is -0.616. The van der Waals surface area contributed by atoms with E-state index < -0.39 is 48.6 Å². The standard InChI is InChI=1S/C18H36N2O8/c1-3-9-11(4-21)27-14(16(20)17(9)23)8-26-6-10-12(5-22)28-13(7-25-2)15(19)18(10)24/h9-18,21-24H,3-8,19-20H2,1-2H3/p+2. The van der Waals surface area contributed by atoms with Crippen LogP contribution >= 0.6 is 0 Å². The quantitative estimate of drug-likeness (QED) is 0.222. The minimum absolute atomic E-state index is 0.141. The van der Waals surface area contributed by atoms with Gasteiger partial charge in [-0.25, -0.2) is 0 Å². The van der Waals surface area contributed by atoms with Crippen molar-refractivity contribution in [2.75, 3.05) is 40.1 Å². The van der Waals surface area contributed by atoms with Gasteiger partial charge in [0.15, 0.2) is 0 Å². The molecule has 10 nitrogen and oxygen atoms in total. The SMILES string of the molecule is CCC1C(CO)OC(COCC2C(CO)OC(COC)C([NH3+])C2O)C([NH3+])C1O. The highest BCUT2D eigenvalue weighted by Crippen LogP contribution is 2.28. The largest absolute Gasteiger partial charge is 0.394 e. The molecule has 2 aliphatic rings. The van der Waals surface area contributed by atoms with Crippen LogP contribution < -0.4 is 11.5 Å². The second-order valence-electron chi connectivity index (χ2n) is 7.83. The first-order valence-corrected chi connectivity index (χ1v) is 10.0. The Morgan fingerprint density at radius 2 is 1.29 bits per heavy atom. The van der Waals surface area contributed by atoms with Gasteiger partial charge in [0.2, 0.25) is 0 Å². The van der Waals surface area contributed by atoms with Crippen LogP contribution in [-0.2, 0) is 18.9 Å². The Morgan fingerprint density at radius 3 is 1.79 bits per heavy atom. The lowest BCUT2D eigenvalue weighted by Gasteiger charge is -2.42. The van der Waals surface area contributed by atoms with Crippen LogP contribution in [0.25, 0.3) is 0 Å². The molecule has 2 aliphatic heterocycles. The number of hydrogen-bond donors (Lipinski definition) is 6. The summed E-state index contributed by atoms with van der Waals surface area (Å²) in [4.78, 5) is 0. The highest BCUT2D eigenvalue weighted by molar-refractivity contribution is 4.92. The number of quaternary nitrogens is 2. The van der Waals surface area contributed by atoms with Crippen molar-refractivity contribution in [2.24, 2.45) is 11.8 Å². The summed E-state index contributed by atoms with van der Waals surface area (Å²) >= 11 is 0. The molecule has 166 valence electrons. The van der Waals surface area contributed by atoms with E-state index in [2.05, 4.69) is 11.5 Å². The van der Waals surface area contributed by atoms with Crippen molar-refractivity contribution < 1.29 is 50.8 Å². The van der Waals surface area contributed by atoms with E-state index in [-0.39, 0.29) is 45.0 Å². The molecule has 2 rings (SSSR count). The lowest BCUT2D eigenvalue weighted by Crippen LogP contribution is -2.78. The molecule has 0 aromatic heterocycles. The second-order valence-corrected chi connectivity index (χ2v) is 7.83. The molecule has 10 N–H and O–H groups in total. The molecular formula is C18H38N2O8+2. The normalized spacial score (nSPS) is 44.6. The summed E-state index contributed by atoms with van der Waals surface area (Å²) in [6, 6.07) is -0.797. The van der Waals surface area contributed by atoms with Crippen molar-refractivity contribution in [2.45, 2.75) is 62.1 Å². The molecule has 0 radical (unpaired) electrons. The van der Waals surface area contributed by atoms with Gasteiger partial charge in [0.25, 0.3) is 0 Å². The third-order valence-electron chi connectivity index (χ3n) is 6.12. The molecule has 0 spiro atoms. The highest BCUT2D eigenvalue weighted by Gasteiger charge is 2.47. The zero-order valence-electron chi connectivity index (χ0n) is 16.9. The lowest BCUT2D eigenvalue weighted by atomic mass is 9.84. The summed E-state index contributed by atoms with van der Waals surface area (Å²) in [6.45, 7) is 2.09. The molecule has 0 amide bonds. The fourth-order valence-electron chi connectivity index (χ4n) is 4.24. The number of ether oxygens (including phenoxy) is 4. The molecule has 0 aromatic carbocycles. The molecule has 0 aromatic rings. The monoisotopic (exact) mass is 410 g/mol. The number of rotatable bonds is 9. The molecule has 10 atom stereocenters. The van der Waals surface area contributed by atoms with Gasteiger partial charge in [-0.15, -0.1) is 0 Å². The molecular weight excluding hydrogens is 372 g/mol. The number of aliphatic hydroxyl groups excluding tert-OH is 4. The maximum Gasteiger partial charge on any atom is 0.140 e. The molecule has 28 heavy (non-hydrogen) atoms. The first-order valence-electron chi connectivity index (χ1n) is 10.0. The van der Waals surface area contributed by atoms with Gasteiger partial charge < -0.3 is 50.8 Å². The van der Waals surface area contributed by atoms with Crippen LogP contribution in [0.3, 0.4) is 0 Å². The summed E-state index contributed by atoms with van der Waals surface area (Å²) in [5.41, 5.74) is 7.97. The van der Waals surface area contributed by atoms with Crippen molar-refractivity contribution in [3.05, 3.63) is 0 Å². The van der Waals surface area contributed by atoms with Crippen molar-refractivity contribution >= 4 is 0 Å². The number of aliphatic hydroxyl groups is 4. The van der Waals surface area contributed by atoms with Gasteiger partial charge in [-0.1, -0.05) is 6.92 Å². The van der Waals surface area contributed by atoms with Crippen molar-refractivity contribution in [3.63, 3.8) is 0 Å². The van der Waals surface area contributed by atoms with E-state index in [0.717, 1.165) is 0 Å². The predicted octanol–water partition coefficient (Wildman–Crippen LogP) is -4.25. The minimum atomic E-state index is -0.811. The Morgan fingerprint density at radius 1 is 0.786 bits per heavy atom. The van der Waals surface area contributed by atoms with Crippen LogP contribution in [0, 0.1) is 11.8 Å². The molecule has 0 aliphatic carbocycles. The average Bonchev–Trinajstić information content (AvgIpc) is 2.70. The topological polar surface area (TPSA) is 173 Å². The van der Waals surface area contributed by atoms with Crippen molar-refractivity contribution in [1.29, 1.82) is 0 Å². The number of hydrogen-bond acceptors (Lipinski definition) is 8. The fraction of sp³-hybridized carbons (Fsp3) is 1.00. The smallest absolute Gasteiger partial charge is 0.140 e. The molecule has 2 saturated heterocycles. The first-order chi connectivity index (χ1) is 13.4. The third kappa shape index (κ3) is 5.20. The molecule has 2 fully saturated rings. The summed E-state index contributed by atoms with van der Waals surface area (Å²) in [5, 5.41) is 40.3. The number of methoxy groups -OCH3 is 1. The minimum Gasteiger partial charge on any atom is -0.394 e. The Kier molecular flexibility index (Phi) is 9.48. The summed E-state index contributed by atoms with van der Waals surface area (Å²) in [7, 11) is 1.54. The second kappa shape index (κ2) is 11.1. The van der Waals surface area contributed by atoms with Crippen LogP contribution in [-0.4, -0.2) is 109 Å². The highest BCUT2D eigenvalue weighted by atomic mass is 16.6. The maximum atomic E-state index is 10.6. The Hall–Kier alpha value is -0.400. The maximum absolute atomic E-state index is 10.6. The van der Waals surface area contributed by atoms with Crippen LogP contribution in [0.1, 0.15) is 13.3 Å². The van der Waals surface area contributed by atoms with Crippen molar-refractivity contribution in [3.8, 4) is 0 Å². The molecule has 0 bridgehead atoms. The fourth-order valence-corrected chi connectivity index (χ4v) is 4.24. The molecule has 10 heteroatoms. The predicted molar refractivity (Wildman–Crippen MR) is 96.8 cm³/mol. The van der Waals surface area contributed by atoms with E-state index >= 15 is 0 Å². The van der Waals surface area contributed by atoms with Gasteiger partial charge in [0.1, 0.15) is 36.5 Å². The first kappa shape index (κ1) is 23.9. The van der Waals surface area contributed by atoms with E-state index in [9.17, 15) is 20.4 Å². The van der Waals surface area contributed by atoms with Crippen molar-refractivity contribution in [1.82, 2.24) is 0 Å². The Balaban J connectivity index is 1.92. The van der Waals surface area contributed by atoms with E-state index in [1.807, 2.05) is 6.92 Å². The molecule has 10 unspecified atom stereocenters. The zero-order chi connectivity index (χ0) is 20.8. The van der Waals surface area contributed by atoms with Crippen LogP contribution in [0.5, 0.6) is 0 Å². The van der Waals surface area contributed by atoms with Gasteiger partial charge in [-0.3, -0.25) is 0 Å². The van der Waals surface area contributed by atoms with Gasteiger partial charge in [0, 0.05) is 18.9 Å². The van der Waals surface area contributed by atoms with Gasteiger partial charge in [0.05, 0.1) is 45.2 Å². The molecule has 0 saturated carbocycles. The van der Waals surface area contributed by atoms with Crippen LogP contribution in [0.4, 0.5) is 0 Å². The van der Waals surface area contributed by atoms with E-state index in [1.54, 1.807) is 7.11 Å². The lowest BCUT2D eigenvalue weighted by molar-refractivity contribution is -0.480. The summed E-state index contributed by atoms with van der Waals surface area (Å²) < 4.78 is 22.6. The third-order valence-corrected chi connectivity index (χ3v) is 6.12. The van der Waals surface area contributed by atoms with E-state index in [0.29, 0.717) is 6.42 Å². The summed E-state index contributed by atoms with van der Waals surface area (Å²) in [6.07, 6.45) is -2.72.